The summed E-state index contributed by atoms with van der Waals surface area (Å²) in [7, 11) is 1.86. The van der Waals surface area contributed by atoms with Crippen molar-refractivity contribution >= 4 is 11.9 Å². The number of aryl methyl sites for hydroxylation is 1. The van der Waals surface area contributed by atoms with Crippen LogP contribution in [-0.2, 0) is 11.8 Å². The fourth-order valence-electron chi connectivity index (χ4n) is 3.10. The number of likely N-dealkylation sites (tertiary alicyclic amines) is 1. The van der Waals surface area contributed by atoms with Crippen LogP contribution in [0.5, 0.6) is 0 Å². The molecule has 2 rings (SSSR count). The van der Waals surface area contributed by atoms with Crippen LogP contribution < -0.4 is 0 Å². The quantitative estimate of drug-likeness (QED) is 0.905. The molecule has 1 atom stereocenters. The Bertz CT molecular complexity index is 551. The Kier molecular flexibility index (Phi) is 5.21. The Hall–Kier alpha value is -1.85. The van der Waals surface area contributed by atoms with E-state index in [1.165, 1.54) is 0 Å². The molecular weight excluding hydrogens is 282 g/mol. The van der Waals surface area contributed by atoms with Gasteiger partial charge >= 0.3 is 5.97 Å². The molecule has 0 unspecified atom stereocenters. The fraction of sp³-hybridized carbons (Fsp3) is 0.688. The van der Waals surface area contributed by atoms with Gasteiger partial charge in [-0.1, -0.05) is 13.8 Å². The molecule has 6 heteroatoms. The number of aliphatic carboxylic acids is 1. The lowest BCUT2D eigenvalue weighted by Gasteiger charge is -2.32. The predicted octanol–water partition coefficient (Wildman–Crippen LogP) is 2.26. The molecule has 1 amide bonds. The zero-order chi connectivity index (χ0) is 16.3. The summed E-state index contributed by atoms with van der Waals surface area (Å²) >= 11 is 0. The van der Waals surface area contributed by atoms with Crippen molar-refractivity contribution in [2.75, 3.05) is 13.1 Å². The van der Waals surface area contributed by atoms with E-state index in [0.717, 1.165) is 25.1 Å². The van der Waals surface area contributed by atoms with Crippen molar-refractivity contribution in [3.63, 3.8) is 0 Å². The third-order valence-electron chi connectivity index (χ3n) is 4.30. The van der Waals surface area contributed by atoms with Crippen LogP contribution in [-0.4, -0.2) is 44.8 Å². The van der Waals surface area contributed by atoms with Gasteiger partial charge in [-0.25, -0.2) is 0 Å². The predicted molar refractivity (Wildman–Crippen MR) is 82.8 cm³/mol. The van der Waals surface area contributed by atoms with E-state index in [-0.39, 0.29) is 18.2 Å². The van der Waals surface area contributed by atoms with Crippen LogP contribution in [0.1, 0.15) is 61.6 Å². The fourth-order valence-corrected chi connectivity index (χ4v) is 3.10. The van der Waals surface area contributed by atoms with Crippen molar-refractivity contribution in [1.82, 2.24) is 14.7 Å². The Morgan fingerprint density at radius 3 is 2.77 bits per heavy atom. The number of amides is 1. The van der Waals surface area contributed by atoms with E-state index in [2.05, 4.69) is 18.9 Å². The minimum atomic E-state index is -0.769. The number of nitrogens with zero attached hydrogens (tertiary/aromatic N) is 3. The molecule has 0 aliphatic carbocycles. The van der Waals surface area contributed by atoms with Gasteiger partial charge in [0.25, 0.3) is 5.91 Å². The van der Waals surface area contributed by atoms with Crippen LogP contribution in [0.2, 0.25) is 0 Å². The first-order valence-electron chi connectivity index (χ1n) is 7.93. The average Bonchev–Trinajstić information content (AvgIpc) is 2.87. The van der Waals surface area contributed by atoms with Crippen molar-refractivity contribution in [2.45, 2.75) is 45.4 Å². The number of rotatable bonds is 5. The largest absolute Gasteiger partial charge is 0.481 e. The highest BCUT2D eigenvalue weighted by atomic mass is 16.4. The van der Waals surface area contributed by atoms with Crippen LogP contribution in [0.15, 0.2) is 6.07 Å². The number of carboxylic acids is 1. The number of carbonyl (C=O) groups excluding carboxylic acids is 1. The Morgan fingerprint density at radius 1 is 1.45 bits per heavy atom. The highest BCUT2D eigenvalue weighted by Gasteiger charge is 2.26. The first kappa shape index (κ1) is 16.5. The van der Waals surface area contributed by atoms with Crippen molar-refractivity contribution in [3.8, 4) is 0 Å². The molecule has 122 valence electrons. The maximum atomic E-state index is 12.6. The van der Waals surface area contributed by atoms with Gasteiger partial charge in [0.2, 0.25) is 0 Å². The van der Waals surface area contributed by atoms with E-state index < -0.39 is 5.97 Å². The highest BCUT2D eigenvalue weighted by molar-refractivity contribution is 5.92. The molecule has 0 radical (unpaired) electrons. The van der Waals surface area contributed by atoms with E-state index in [1.54, 1.807) is 4.68 Å². The van der Waals surface area contributed by atoms with Crippen LogP contribution in [0, 0.1) is 5.92 Å². The summed E-state index contributed by atoms with van der Waals surface area (Å²) in [6.45, 7) is 5.53. The second-order valence-corrected chi connectivity index (χ2v) is 6.42. The van der Waals surface area contributed by atoms with Gasteiger partial charge in [0.15, 0.2) is 5.69 Å². The SMILES string of the molecule is CC(C)c1cc(C(=O)N2CCC[C@H](CCC(=O)O)C2)nn1C. The molecule has 2 heterocycles. The molecule has 1 aromatic rings. The molecule has 0 saturated carbocycles. The van der Waals surface area contributed by atoms with E-state index >= 15 is 0 Å². The van der Waals surface area contributed by atoms with E-state index in [1.807, 2.05) is 18.0 Å². The Labute approximate surface area is 131 Å². The Morgan fingerprint density at radius 2 is 2.18 bits per heavy atom. The summed E-state index contributed by atoms with van der Waals surface area (Å²) < 4.78 is 1.77. The summed E-state index contributed by atoms with van der Waals surface area (Å²) in [5, 5.41) is 13.1. The summed E-state index contributed by atoms with van der Waals surface area (Å²) in [5.41, 5.74) is 1.54. The molecule has 1 aliphatic heterocycles. The number of piperidine rings is 1. The molecule has 1 N–H and O–H groups in total. The van der Waals surface area contributed by atoms with E-state index in [0.29, 0.717) is 24.6 Å². The number of hydrogen-bond donors (Lipinski definition) is 1. The van der Waals surface area contributed by atoms with Gasteiger partial charge in [-0.3, -0.25) is 14.3 Å². The van der Waals surface area contributed by atoms with Crippen molar-refractivity contribution in [2.24, 2.45) is 13.0 Å². The maximum absolute atomic E-state index is 12.6. The molecule has 0 aromatic carbocycles. The molecule has 1 aromatic heterocycles. The minimum absolute atomic E-state index is 0.0393. The van der Waals surface area contributed by atoms with Crippen LogP contribution in [0.4, 0.5) is 0 Å². The molecule has 1 saturated heterocycles. The lowest BCUT2D eigenvalue weighted by atomic mass is 9.93. The van der Waals surface area contributed by atoms with Crippen molar-refractivity contribution in [3.05, 3.63) is 17.5 Å². The molecule has 0 spiro atoms. The second kappa shape index (κ2) is 6.94. The standard InChI is InChI=1S/C16H25N3O3/c1-11(2)14-9-13(17-18(14)3)16(22)19-8-4-5-12(10-19)6-7-15(20)21/h9,11-12H,4-8,10H2,1-3H3,(H,20,21)/t12-/m1/s1. The zero-order valence-electron chi connectivity index (χ0n) is 13.6. The second-order valence-electron chi connectivity index (χ2n) is 6.42. The van der Waals surface area contributed by atoms with Gasteiger partial charge in [-0.2, -0.15) is 5.10 Å². The van der Waals surface area contributed by atoms with Crippen molar-refractivity contribution < 1.29 is 14.7 Å². The molecule has 6 nitrogen and oxygen atoms in total. The third kappa shape index (κ3) is 3.87. The lowest BCUT2D eigenvalue weighted by molar-refractivity contribution is -0.137. The summed E-state index contributed by atoms with van der Waals surface area (Å²) in [6.07, 6.45) is 2.74. The number of carbonyl (C=O) groups is 2. The van der Waals surface area contributed by atoms with Gasteiger partial charge in [0, 0.05) is 32.3 Å². The average molecular weight is 307 g/mol. The number of aromatic nitrogens is 2. The van der Waals surface area contributed by atoms with Crippen LogP contribution in [0.3, 0.4) is 0 Å². The molecule has 0 bridgehead atoms. The molecular formula is C16H25N3O3. The first-order valence-corrected chi connectivity index (χ1v) is 7.93. The summed E-state index contributed by atoms with van der Waals surface area (Å²) in [4.78, 5) is 25.1. The summed E-state index contributed by atoms with van der Waals surface area (Å²) in [5.74, 6) is -0.205. The topological polar surface area (TPSA) is 75.4 Å². The van der Waals surface area contributed by atoms with Gasteiger partial charge in [0.05, 0.1) is 0 Å². The number of hydrogen-bond acceptors (Lipinski definition) is 3. The molecule has 22 heavy (non-hydrogen) atoms. The minimum Gasteiger partial charge on any atom is -0.481 e. The molecule has 1 aliphatic rings. The van der Waals surface area contributed by atoms with Gasteiger partial charge in [-0.05, 0) is 37.2 Å². The van der Waals surface area contributed by atoms with Gasteiger partial charge in [-0.15, -0.1) is 0 Å². The third-order valence-corrected chi connectivity index (χ3v) is 4.30. The summed E-state index contributed by atoms with van der Waals surface area (Å²) in [6, 6.07) is 1.87. The smallest absolute Gasteiger partial charge is 0.303 e. The van der Waals surface area contributed by atoms with Gasteiger partial charge < -0.3 is 10.0 Å². The number of carboxylic acid groups (broad SMARTS) is 1. The Balaban J connectivity index is 2.02. The van der Waals surface area contributed by atoms with Crippen LogP contribution in [0.25, 0.3) is 0 Å². The van der Waals surface area contributed by atoms with E-state index in [9.17, 15) is 9.59 Å². The normalized spacial score (nSPS) is 18.7. The van der Waals surface area contributed by atoms with Crippen LogP contribution >= 0.6 is 0 Å². The zero-order valence-corrected chi connectivity index (χ0v) is 13.6. The van der Waals surface area contributed by atoms with E-state index in [4.69, 9.17) is 5.11 Å². The molecule has 1 fully saturated rings. The monoisotopic (exact) mass is 307 g/mol. The van der Waals surface area contributed by atoms with Crippen molar-refractivity contribution in [1.29, 1.82) is 0 Å². The maximum Gasteiger partial charge on any atom is 0.303 e. The van der Waals surface area contributed by atoms with Gasteiger partial charge in [0.1, 0.15) is 0 Å². The highest BCUT2D eigenvalue weighted by Crippen LogP contribution is 2.23. The lowest BCUT2D eigenvalue weighted by Crippen LogP contribution is -2.40. The first-order chi connectivity index (χ1) is 10.4.